The third-order valence-corrected chi connectivity index (χ3v) is 2.30. The quantitative estimate of drug-likeness (QED) is 0.514. The molecule has 2 nitrogen and oxygen atoms in total. The van der Waals surface area contributed by atoms with Crippen molar-refractivity contribution >= 4 is 12.4 Å². The zero-order valence-corrected chi connectivity index (χ0v) is 6.03. The van der Waals surface area contributed by atoms with Gasteiger partial charge in [0.15, 0.2) is 0 Å². The lowest BCUT2D eigenvalue weighted by Gasteiger charge is -2.16. The molecule has 54 valence electrons. The van der Waals surface area contributed by atoms with Crippen LogP contribution < -0.4 is 5.32 Å². The highest BCUT2D eigenvalue weighted by Gasteiger charge is 2.37. The van der Waals surface area contributed by atoms with E-state index < -0.39 is 0 Å². The zero-order valence-electron chi connectivity index (χ0n) is 5.21. The predicted octanol–water partition coefficient (Wildman–Crippen LogP) is 0.151. The Kier molecular flexibility index (Phi) is 1.99. The van der Waals surface area contributed by atoms with E-state index in [1.807, 2.05) is 0 Å². The van der Waals surface area contributed by atoms with Gasteiger partial charge in [0.05, 0.1) is 6.10 Å². The molecule has 1 heterocycles. The summed E-state index contributed by atoms with van der Waals surface area (Å²) in [6.45, 7) is 1.14. The van der Waals surface area contributed by atoms with Gasteiger partial charge in [-0.2, -0.15) is 0 Å². The Hall–Kier alpha value is 0.210. The van der Waals surface area contributed by atoms with Crippen molar-refractivity contribution in [2.24, 2.45) is 5.92 Å². The summed E-state index contributed by atoms with van der Waals surface area (Å²) in [5.41, 5.74) is 0. The SMILES string of the molecule is Cl.OC1CC2CNC1C2. The van der Waals surface area contributed by atoms with Gasteiger partial charge in [0.2, 0.25) is 0 Å². The number of piperidine rings is 1. The molecular formula is C6H12ClNO. The molecule has 3 atom stereocenters. The molecule has 1 saturated heterocycles. The van der Waals surface area contributed by atoms with Crippen molar-refractivity contribution in [2.45, 2.75) is 25.0 Å². The molecule has 0 aromatic heterocycles. The van der Waals surface area contributed by atoms with Crippen LogP contribution in [0.1, 0.15) is 12.8 Å². The molecule has 0 aromatic rings. The van der Waals surface area contributed by atoms with Crippen molar-refractivity contribution < 1.29 is 5.11 Å². The molecule has 9 heavy (non-hydrogen) atoms. The zero-order chi connectivity index (χ0) is 5.56. The number of aliphatic hydroxyl groups excluding tert-OH is 1. The van der Waals surface area contributed by atoms with Crippen LogP contribution in [0.3, 0.4) is 0 Å². The molecule has 0 radical (unpaired) electrons. The summed E-state index contributed by atoms with van der Waals surface area (Å²) in [5, 5.41) is 12.4. The minimum atomic E-state index is -0.0336. The van der Waals surface area contributed by atoms with E-state index in [0.29, 0.717) is 6.04 Å². The van der Waals surface area contributed by atoms with E-state index in [1.54, 1.807) is 0 Å². The average Bonchev–Trinajstić information content (AvgIpc) is 2.23. The van der Waals surface area contributed by atoms with Gasteiger partial charge in [-0.15, -0.1) is 12.4 Å². The summed E-state index contributed by atoms with van der Waals surface area (Å²) in [7, 11) is 0. The highest BCUT2D eigenvalue weighted by Crippen LogP contribution is 2.30. The second kappa shape index (κ2) is 2.45. The summed E-state index contributed by atoms with van der Waals surface area (Å²) in [4.78, 5) is 0. The van der Waals surface area contributed by atoms with Crippen LogP contribution in [0.5, 0.6) is 0 Å². The van der Waals surface area contributed by atoms with Crippen molar-refractivity contribution in [3.05, 3.63) is 0 Å². The van der Waals surface area contributed by atoms with Crippen molar-refractivity contribution in [3.8, 4) is 0 Å². The topological polar surface area (TPSA) is 32.3 Å². The summed E-state index contributed by atoms with van der Waals surface area (Å²) in [5.74, 6) is 0.787. The molecule has 2 N–H and O–H groups in total. The lowest BCUT2D eigenvalue weighted by molar-refractivity contribution is 0.134. The molecule has 0 amide bonds. The Morgan fingerprint density at radius 2 is 2.11 bits per heavy atom. The molecule has 0 aromatic carbocycles. The summed E-state index contributed by atoms with van der Waals surface area (Å²) in [6.07, 6.45) is 2.22. The van der Waals surface area contributed by atoms with Crippen LogP contribution in [0.2, 0.25) is 0 Å². The third kappa shape index (κ3) is 1.07. The Morgan fingerprint density at radius 3 is 2.33 bits per heavy atom. The number of hydrogen-bond donors (Lipinski definition) is 2. The van der Waals surface area contributed by atoms with Gasteiger partial charge in [-0.25, -0.2) is 0 Å². The van der Waals surface area contributed by atoms with E-state index in [1.165, 1.54) is 6.42 Å². The lowest BCUT2D eigenvalue weighted by Crippen LogP contribution is -2.36. The highest BCUT2D eigenvalue weighted by atomic mass is 35.5. The summed E-state index contributed by atoms with van der Waals surface area (Å²) >= 11 is 0. The smallest absolute Gasteiger partial charge is 0.0696 e. The van der Waals surface area contributed by atoms with Gasteiger partial charge in [0.25, 0.3) is 0 Å². The first kappa shape index (κ1) is 7.32. The molecule has 2 fully saturated rings. The molecule has 3 heteroatoms. The van der Waals surface area contributed by atoms with Crippen LogP contribution in [0.15, 0.2) is 0 Å². The molecular weight excluding hydrogens is 138 g/mol. The standard InChI is InChI=1S/C6H11NO.ClH/c8-6-2-4-1-5(6)7-3-4;/h4-8H,1-3H2;1H. The second-order valence-electron chi connectivity index (χ2n) is 2.92. The maximum absolute atomic E-state index is 9.16. The number of hydrogen-bond acceptors (Lipinski definition) is 2. The van der Waals surface area contributed by atoms with Gasteiger partial charge in [-0.3, -0.25) is 0 Å². The lowest BCUT2D eigenvalue weighted by atomic mass is 10.1. The first-order valence-electron chi connectivity index (χ1n) is 3.28. The van der Waals surface area contributed by atoms with Crippen LogP contribution in [0.4, 0.5) is 0 Å². The van der Waals surface area contributed by atoms with Gasteiger partial charge in [0, 0.05) is 6.04 Å². The van der Waals surface area contributed by atoms with E-state index in [0.717, 1.165) is 18.9 Å². The van der Waals surface area contributed by atoms with Crippen molar-refractivity contribution in [3.63, 3.8) is 0 Å². The van der Waals surface area contributed by atoms with Crippen LogP contribution in [0, 0.1) is 5.92 Å². The molecule has 2 bridgehead atoms. The number of nitrogens with one attached hydrogen (secondary N) is 1. The molecule has 1 aliphatic heterocycles. The highest BCUT2D eigenvalue weighted by molar-refractivity contribution is 5.85. The first-order valence-corrected chi connectivity index (χ1v) is 3.28. The van der Waals surface area contributed by atoms with E-state index in [-0.39, 0.29) is 18.5 Å². The fraction of sp³-hybridized carbons (Fsp3) is 1.00. The van der Waals surface area contributed by atoms with Gasteiger partial charge in [-0.1, -0.05) is 0 Å². The first-order chi connectivity index (χ1) is 3.86. The summed E-state index contributed by atoms with van der Waals surface area (Å²) < 4.78 is 0. The third-order valence-electron chi connectivity index (χ3n) is 2.30. The van der Waals surface area contributed by atoms with Crippen molar-refractivity contribution in [1.82, 2.24) is 5.32 Å². The second-order valence-corrected chi connectivity index (χ2v) is 2.92. The van der Waals surface area contributed by atoms with Crippen LogP contribution in [-0.2, 0) is 0 Å². The molecule has 2 rings (SSSR count). The monoisotopic (exact) mass is 149 g/mol. The van der Waals surface area contributed by atoms with Crippen LogP contribution >= 0.6 is 12.4 Å². The van der Waals surface area contributed by atoms with E-state index in [4.69, 9.17) is 5.11 Å². The van der Waals surface area contributed by atoms with E-state index in [2.05, 4.69) is 5.32 Å². The number of rotatable bonds is 0. The molecule has 2 aliphatic rings. The minimum Gasteiger partial charge on any atom is -0.391 e. The predicted molar refractivity (Wildman–Crippen MR) is 37.8 cm³/mol. The van der Waals surface area contributed by atoms with Gasteiger partial charge < -0.3 is 10.4 Å². The molecule has 3 unspecified atom stereocenters. The fourth-order valence-electron chi connectivity index (χ4n) is 1.82. The van der Waals surface area contributed by atoms with Gasteiger partial charge >= 0.3 is 0 Å². The molecule has 0 spiro atoms. The fourth-order valence-corrected chi connectivity index (χ4v) is 1.82. The maximum Gasteiger partial charge on any atom is 0.0696 e. The minimum absolute atomic E-state index is 0. The van der Waals surface area contributed by atoms with Crippen molar-refractivity contribution in [2.75, 3.05) is 6.54 Å². The summed E-state index contributed by atoms with van der Waals surface area (Å²) in [6, 6.07) is 0.444. The van der Waals surface area contributed by atoms with E-state index >= 15 is 0 Å². The van der Waals surface area contributed by atoms with Crippen LogP contribution in [0.25, 0.3) is 0 Å². The Morgan fingerprint density at radius 1 is 1.33 bits per heavy atom. The average molecular weight is 150 g/mol. The van der Waals surface area contributed by atoms with Crippen LogP contribution in [-0.4, -0.2) is 23.8 Å². The normalized spacial score (nSPS) is 47.0. The maximum atomic E-state index is 9.16. The molecule has 1 aliphatic carbocycles. The Bertz CT molecular complexity index is 107. The molecule has 1 saturated carbocycles. The number of fused-ring (bicyclic) bond motifs is 2. The Labute approximate surface area is 61.0 Å². The Balaban J connectivity index is 0.000000405. The largest absolute Gasteiger partial charge is 0.391 e. The van der Waals surface area contributed by atoms with Crippen molar-refractivity contribution in [1.29, 1.82) is 0 Å². The van der Waals surface area contributed by atoms with Gasteiger partial charge in [0.1, 0.15) is 0 Å². The van der Waals surface area contributed by atoms with Gasteiger partial charge in [-0.05, 0) is 25.3 Å². The van der Waals surface area contributed by atoms with E-state index in [9.17, 15) is 0 Å². The number of halogens is 1. The number of aliphatic hydroxyl groups is 1.